The molecule has 5 nitrogen and oxygen atoms in total. The van der Waals surface area contributed by atoms with Crippen LogP contribution in [0.1, 0.15) is 19.8 Å². The number of halogens is 1. The van der Waals surface area contributed by atoms with Gasteiger partial charge in [-0.1, -0.05) is 12.1 Å². The number of hydrogen-bond acceptors (Lipinski definition) is 3. The monoisotopic (exact) mass is 334 g/mol. The van der Waals surface area contributed by atoms with Gasteiger partial charge >= 0.3 is 6.03 Å². The summed E-state index contributed by atoms with van der Waals surface area (Å²) in [6.45, 7) is 6.02. The third-order valence-electron chi connectivity index (χ3n) is 5.13. The standard InChI is InChI=1S/C18H27FN4O/c1-14-13-22(17-6-4-3-5-16(17)19)11-12-23(14)18(24)20-15-7-9-21(2)10-8-15/h3-6,14-15H,7-13H2,1-2H3,(H,20,24). The molecule has 6 heteroatoms. The number of nitrogens with zero attached hydrogens (tertiary/aromatic N) is 3. The first kappa shape index (κ1) is 17.0. The molecule has 24 heavy (non-hydrogen) atoms. The molecule has 1 aromatic rings. The average molecular weight is 334 g/mol. The fraction of sp³-hybridized carbons (Fsp3) is 0.611. The number of urea groups is 1. The van der Waals surface area contributed by atoms with Crippen LogP contribution in [0.25, 0.3) is 0 Å². The molecule has 0 radical (unpaired) electrons. The number of likely N-dealkylation sites (tertiary alicyclic amines) is 1. The Kier molecular flexibility index (Phi) is 5.23. The molecule has 1 N–H and O–H groups in total. The summed E-state index contributed by atoms with van der Waals surface area (Å²) in [6, 6.07) is 7.19. The van der Waals surface area contributed by atoms with Gasteiger partial charge in [-0.05, 0) is 52.0 Å². The van der Waals surface area contributed by atoms with Gasteiger partial charge in [0.25, 0.3) is 0 Å². The highest BCUT2D eigenvalue weighted by molar-refractivity contribution is 5.75. The number of carbonyl (C=O) groups excluding carboxylic acids is 1. The maximum atomic E-state index is 14.0. The van der Waals surface area contributed by atoms with E-state index in [0.717, 1.165) is 25.9 Å². The molecule has 2 aliphatic heterocycles. The van der Waals surface area contributed by atoms with E-state index >= 15 is 0 Å². The van der Waals surface area contributed by atoms with Crippen molar-refractivity contribution >= 4 is 11.7 Å². The zero-order valence-corrected chi connectivity index (χ0v) is 14.5. The number of carbonyl (C=O) groups is 1. The zero-order chi connectivity index (χ0) is 17.1. The Hall–Kier alpha value is -1.82. The number of piperidine rings is 1. The number of para-hydroxylation sites is 1. The van der Waals surface area contributed by atoms with Gasteiger partial charge in [0.05, 0.1) is 5.69 Å². The van der Waals surface area contributed by atoms with Gasteiger partial charge in [0.1, 0.15) is 5.82 Å². The van der Waals surface area contributed by atoms with Crippen LogP contribution in [0.4, 0.5) is 14.9 Å². The molecule has 2 saturated heterocycles. The maximum absolute atomic E-state index is 14.0. The Balaban J connectivity index is 1.55. The lowest BCUT2D eigenvalue weighted by molar-refractivity contribution is 0.159. The molecular weight excluding hydrogens is 307 g/mol. The van der Waals surface area contributed by atoms with Crippen LogP contribution in [0.15, 0.2) is 24.3 Å². The second-order valence-electron chi connectivity index (χ2n) is 6.97. The topological polar surface area (TPSA) is 38.8 Å². The van der Waals surface area contributed by atoms with Crippen LogP contribution in [0.3, 0.4) is 0 Å². The van der Waals surface area contributed by atoms with E-state index in [-0.39, 0.29) is 23.9 Å². The van der Waals surface area contributed by atoms with E-state index in [1.807, 2.05) is 22.8 Å². The molecule has 3 rings (SSSR count). The van der Waals surface area contributed by atoms with Gasteiger partial charge in [-0.3, -0.25) is 0 Å². The van der Waals surface area contributed by atoms with Crippen molar-refractivity contribution in [2.75, 3.05) is 44.7 Å². The summed E-state index contributed by atoms with van der Waals surface area (Å²) < 4.78 is 14.0. The minimum atomic E-state index is -0.200. The van der Waals surface area contributed by atoms with Crippen molar-refractivity contribution < 1.29 is 9.18 Å². The van der Waals surface area contributed by atoms with Crippen molar-refractivity contribution in [3.63, 3.8) is 0 Å². The van der Waals surface area contributed by atoms with Gasteiger partial charge in [-0.15, -0.1) is 0 Å². The lowest BCUT2D eigenvalue weighted by Gasteiger charge is -2.42. The van der Waals surface area contributed by atoms with Crippen LogP contribution in [0.2, 0.25) is 0 Å². The fourth-order valence-electron chi connectivity index (χ4n) is 3.60. The molecule has 0 aliphatic carbocycles. The minimum Gasteiger partial charge on any atom is -0.365 e. The van der Waals surface area contributed by atoms with E-state index < -0.39 is 0 Å². The van der Waals surface area contributed by atoms with E-state index in [1.54, 1.807) is 12.1 Å². The first-order valence-electron chi connectivity index (χ1n) is 8.79. The Labute approximate surface area is 143 Å². The quantitative estimate of drug-likeness (QED) is 0.901. The zero-order valence-electron chi connectivity index (χ0n) is 14.5. The second kappa shape index (κ2) is 7.38. The van der Waals surface area contributed by atoms with E-state index in [2.05, 4.69) is 17.3 Å². The van der Waals surface area contributed by atoms with Crippen molar-refractivity contribution in [2.45, 2.75) is 31.8 Å². The van der Waals surface area contributed by atoms with Crippen LogP contribution in [-0.4, -0.2) is 67.7 Å². The highest BCUT2D eigenvalue weighted by Gasteiger charge is 2.30. The molecule has 2 heterocycles. The highest BCUT2D eigenvalue weighted by Crippen LogP contribution is 2.22. The lowest BCUT2D eigenvalue weighted by Crippen LogP contribution is -2.58. The summed E-state index contributed by atoms with van der Waals surface area (Å²) in [6.07, 6.45) is 2.01. The molecule has 0 bridgehead atoms. The molecular formula is C18H27FN4O. The average Bonchev–Trinajstić information content (AvgIpc) is 2.57. The molecule has 1 atom stereocenters. The second-order valence-corrected chi connectivity index (χ2v) is 6.97. The van der Waals surface area contributed by atoms with Gasteiger partial charge in [0.2, 0.25) is 0 Å². The van der Waals surface area contributed by atoms with Gasteiger partial charge in [0.15, 0.2) is 0 Å². The number of piperazine rings is 1. The third kappa shape index (κ3) is 3.80. The van der Waals surface area contributed by atoms with Gasteiger partial charge in [0, 0.05) is 31.7 Å². The Bertz CT molecular complexity index is 574. The van der Waals surface area contributed by atoms with Crippen molar-refractivity contribution in [3.05, 3.63) is 30.1 Å². The normalized spacial score (nSPS) is 23.4. The summed E-state index contributed by atoms with van der Waals surface area (Å²) >= 11 is 0. The van der Waals surface area contributed by atoms with Gasteiger partial charge in [-0.25, -0.2) is 9.18 Å². The predicted molar refractivity (Wildman–Crippen MR) is 93.8 cm³/mol. The molecule has 1 unspecified atom stereocenters. The summed E-state index contributed by atoms with van der Waals surface area (Å²) in [7, 11) is 2.11. The fourth-order valence-corrected chi connectivity index (χ4v) is 3.60. The molecule has 2 fully saturated rings. The summed E-state index contributed by atoms with van der Waals surface area (Å²) in [5.74, 6) is -0.200. The lowest BCUT2D eigenvalue weighted by atomic mass is 10.1. The van der Waals surface area contributed by atoms with Gasteiger partial charge in [-0.2, -0.15) is 0 Å². The predicted octanol–water partition coefficient (Wildman–Crippen LogP) is 2.14. The van der Waals surface area contributed by atoms with E-state index in [9.17, 15) is 9.18 Å². The van der Waals surface area contributed by atoms with Crippen LogP contribution in [0.5, 0.6) is 0 Å². The molecule has 132 valence electrons. The number of rotatable bonds is 2. The number of hydrogen-bond donors (Lipinski definition) is 1. The molecule has 0 saturated carbocycles. The van der Waals surface area contributed by atoms with E-state index in [1.165, 1.54) is 6.07 Å². The van der Waals surface area contributed by atoms with Crippen molar-refractivity contribution in [2.24, 2.45) is 0 Å². The molecule has 1 aromatic carbocycles. The summed E-state index contributed by atoms with van der Waals surface area (Å²) in [5.41, 5.74) is 0.625. The number of nitrogens with one attached hydrogen (secondary N) is 1. The van der Waals surface area contributed by atoms with Crippen molar-refractivity contribution in [3.8, 4) is 0 Å². The Morgan fingerprint density at radius 2 is 1.88 bits per heavy atom. The summed E-state index contributed by atoms with van der Waals surface area (Å²) in [5, 5.41) is 3.17. The van der Waals surface area contributed by atoms with Crippen molar-refractivity contribution in [1.29, 1.82) is 0 Å². The third-order valence-corrected chi connectivity index (χ3v) is 5.13. The number of amides is 2. The smallest absolute Gasteiger partial charge is 0.317 e. The first-order valence-corrected chi connectivity index (χ1v) is 8.79. The molecule has 0 aromatic heterocycles. The Morgan fingerprint density at radius 1 is 1.17 bits per heavy atom. The molecule has 0 spiro atoms. The van der Waals surface area contributed by atoms with Crippen LogP contribution >= 0.6 is 0 Å². The van der Waals surface area contributed by atoms with E-state index in [4.69, 9.17) is 0 Å². The van der Waals surface area contributed by atoms with Crippen LogP contribution < -0.4 is 10.2 Å². The largest absolute Gasteiger partial charge is 0.365 e. The maximum Gasteiger partial charge on any atom is 0.317 e. The van der Waals surface area contributed by atoms with Crippen LogP contribution in [0, 0.1) is 5.82 Å². The van der Waals surface area contributed by atoms with E-state index in [0.29, 0.717) is 25.3 Å². The SMILES string of the molecule is CC1CN(c2ccccc2F)CCN1C(=O)NC1CCN(C)CC1. The number of benzene rings is 1. The molecule has 2 amide bonds. The van der Waals surface area contributed by atoms with Crippen molar-refractivity contribution in [1.82, 2.24) is 15.1 Å². The Morgan fingerprint density at radius 3 is 2.54 bits per heavy atom. The summed E-state index contributed by atoms with van der Waals surface area (Å²) in [4.78, 5) is 18.8. The van der Waals surface area contributed by atoms with Gasteiger partial charge < -0.3 is 20.0 Å². The van der Waals surface area contributed by atoms with Crippen LogP contribution in [-0.2, 0) is 0 Å². The first-order chi connectivity index (χ1) is 11.5. The highest BCUT2D eigenvalue weighted by atomic mass is 19.1. The minimum absolute atomic E-state index is 0.0187. The molecule has 2 aliphatic rings. The number of anilines is 1.